The number of likely N-dealkylation sites (tertiary alicyclic amines) is 1. The summed E-state index contributed by atoms with van der Waals surface area (Å²) in [5, 5.41) is 11.5. The largest absolute Gasteiger partial charge is 0.478 e. The molecule has 1 saturated heterocycles. The topological polar surface area (TPSA) is 126 Å². The summed E-state index contributed by atoms with van der Waals surface area (Å²) in [4.78, 5) is 35.5. The van der Waals surface area contributed by atoms with Gasteiger partial charge in [0.05, 0.1) is 6.54 Å². The maximum absolute atomic E-state index is 12.0. The van der Waals surface area contributed by atoms with Gasteiger partial charge in [0, 0.05) is 6.54 Å². The van der Waals surface area contributed by atoms with Gasteiger partial charge in [-0.05, 0) is 25.8 Å². The second kappa shape index (κ2) is 5.86. The lowest BCUT2D eigenvalue weighted by molar-refractivity contribution is -0.121. The molecule has 1 fully saturated rings. The molecule has 114 valence electrons. The lowest BCUT2D eigenvalue weighted by Gasteiger charge is -2.22. The van der Waals surface area contributed by atoms with Gasteiger partial charge in [-0.25, -0.2) is 9.59 Å². The van der Waals surface area contributed by atoms with Gasteiger partial charge in [-0.2, -0.15) is 0 Å². The summed E-state index contributed by atoms with van der Waals surface area (Å²) in [7, 11) is 0. The molecule has 0 radical (unpaired) electrons. The van der Waals surface area contributed by atoms with Crippen LogP contribution in [0.25, 0.3) is 0 Å². The summed E-state index contributed by atoms with van der Waals surface area (Å²) in [5.41, 5.74) is 5.31. The molecule has 1 unspecified atom stereocenters. The number of carboxylic acid groups (broad SMARTS) is 1. The summed E-state index contributed by atoms with van der Waals surface area (Å²) in [5.74, 6) is -0.983. The number of hydrogen-bond donors (Lipinski definition) is 3. The SMILES string of the molecule is Cc1oc(CNC(=O)N2CCCC2C(N)=O)cc1C(=O)O. The van der Waals surface area contributed by atoms with E-state index in [2.05, 4.69) is 5.32 Å². The number of primary amides is 1. The highest BCUT2D eigenvalue weighted by atomic mass is 16.4. The average molecular weight is 295 g/mol. The molecule has 0 aromatic carbocycles. The molecule has 8 heteroatoms. The maximum Gasteiger partial charge on any atom is 0.339 e. The lowest BCUT2D eigenvalue weighted by atomic mass is 10.2. The predicted octanol–water partition coefficient (Wildman–Crippen LogP) is 0.446. The highest BCUT2D eigenvalue weighted by molar-refractivity contribution is 5.89. The van der Waals surface area contributed by atoms with Crippen molar-refractivity contribution in [2.24, 2.45) is 5.73 Å². The van der Waals surface area contributed by atoms with Crippen molar-refractivity contribution in [3.63, 3.8) is 0 Å². The van der Waals surface area contributed by atoms with E-state index in [1.165, 1.54) is 11.0 Å². The molecule has 1 aromatic heterocycles. The predicted molar refractivity (Wildman–Crippen MR) is 71.6 cm³/mol. The fourth-order valence-corrected chi connectivity index (χ4v) is 2.41. The molecular weight excluding hydrogens is 278 g/mol. The zero-order valence-electron chi connectivity index (χ0n) is 11.6. The number of carboxylic acids is 1. The molecule has 0 spiro atoms. The minimum Gasteiger partial charge on any atom is -0.478 e. The summed E-state index contributed by atoms with van der Waals surface area (Å²) in [6.45, 7) is 2.06. The first-order valence-electron chi connectivity index (χ1n) is 6.56. The fraction of sp³-hybridized carbons (Fsp3) is 0.462. The van der Waals surface area contributed by atoms with E-state index in [0.29, 0.717) is 18.7 Å². The second-order valence-electron chi connectivity index (χ2n) is 4.90. The number of urea groups is 1. The molecule has 21 heavy (non-hydrogen) atoms. The minimum atomic E-state index is -1.08. The summed E-state index contributed by atoms with van der Waals surface area (Å²) in [6.07, 6.45) is 1.29. The van der Waals surface area contributed by atoms with Crippen molar-refractivity contribution < 1.29 is 23.9 Å². The number of carbonyl (C=O) groups excluding carboxylic acids is 2. The Morgan fingerprint density at radius 3 is 2.81 bits per heavy atom. The molecule has 1 aromatic rings. The third-order valence-corrected chi connectivity index (χ3v) is 3.46. The number of aromatic carboxylic acids is 1. The van der Waals surface area contributed by atoms with Gasteiger partial charge < -0.3 is 25.5 Å². The van der Waals surface area contributed by atoms with E-state index in [-0.39, 0.29) is 17.9 Å². The van der Waals surface area contributed by atoms with Crippen molar-refractivity contribution in [3.8, 4) is 0 Å². The van der Waals surface area contributed by atoms with E-state index in [9.17, 15) is 14.4 Å². The molecule has 1 aliphatic rings. The maximum atomic E-state index is 12.0. The monoisotopic (exact) mass is 295 g/mol. The number of nitrogens with one attached hydrogen (secondary N) is 1. The normalized spacial score (nSPS) is 17.8. The van der Waals surface area contributed by atoms with E-state index in [1.807, 2.05) is 0 Å². The first-order valence-corrected chi connectivity index (χ1v) is 6.56. The molecule has 4 N–H and O–H groups in total. The standard InChI is InChI=1S/C13H17N3O5/c1-7-9(12(18)19)5-8(21-7)6-15-13(20)16-4-2-3-10(16)11(14)17/h5,10H,2-4,6H2,1H3,(H2,14,17)(H,15,20)(H,18,19). The van der Waals surface area contributed by atoms with E-state index >= 15 is 0 Å². The van der Waals surface area contributed by atoms with Crippen molar-refractivity contribution in [3.05, 3.63) is 23.2 Å². The first kappa shape index (κ1) is 14.9. The highest BCUT2D eigenvalue weighted by Gasteiger charge is 2.32. The highest BCUT2D eigenvalue weighted by Crippen LogP contribution is 2.18. The Kier molecular flexibility index (Phi) is 4.15. The third kappa shape index (κ3) is 3.15. The molecule has 0 bridgehead atoms. The van der Waals surface area contributed by atoms with Crippen LogP contribution in [0.1, 0.15) is 34.7 Å². The Morgan fingerprint density at radius 2 is 2.24 bits per heavy atom. The van der Waals surface area contributed by atoms with E-state index in [4.69, 9.17) is 15.3 Å². The quantitative estimate of drug-likeness (QED) is 0.743. The molecule has 8 nitrogen and oxygen atoms in total. The van der Waals surface area contributed by atoms with Gasteiger partial charge >= 0.3 is 12.0 Å². The number of nitrogens with zero attached hydrogens (tertiary/aromatic N) is 1. The number of hydrogen-bond acceptors (Lipinski definition) is 4. The van der Waals surface area contributed by atoms with Gasteiger partial charge in [0.15, 0.2) is 0 Å². The van der Waals surface area contributed by atoms with Gasteiger partial charge in [0.2, 0.25) is 5.91 Å². The van der Waals surface area contributed by atoms with Crippen LogP contribution < -0.4 is 11.1 Å². The van der Waals surface area contributed by atoms with Crippen molar-refractivity contribution >= 4 is 17.9 Å². The number of amides is 3. The molecule has 2 rings (SSSR count). The third-order valence-electron chi connectivity index (χ3n) is 3.46. The Morgan fingerprint density at radius 1 is 1.52 bits per heavy atom. The fourth-order valence-electron chi connectivity index (χ4n) is 2.41. The van der Waals surface area contributed by atoms with Crippen LogP contribution in [0.3, 0.4) is 0 Å². The summed E-state index contributed by atoms with van der Waals surface area (Å²) < 4.78 is 5.26. The Hall–Kier alpha value is -2.51. The number of aryl methyl sites for hydroxylation is 1. The molecule has 1 aliphatic heterocycles. The van der Waals surface area contributed by atoms with E-state index < -0.39 is 23.9 Å². The molecular formula is C13H17N3O5. The summed E-state index contributed by atoms with van der Waals surface area (Å²) >= 11 is 0. The van der Waals surface area contributed by atoms with Crippen LogP contribution in [0.5, 0.6) is 0 Å². The zero-order valence-corrected chi connectivity index (χ0v) is 11.6. The first-order chi connectivity index (χ1) is 9.90. The van der Waals surface area contributed by atoms with Crippen LogP contribution in [0.15, 0.2) is 10.5 Å². The van der Waals surface area contributed by atoms with Gasteiger partial charge in [0.1, 0.15) is 23.1 Å². The minimum absolute atomic E-state index is 0.0505. The van der Waals surface area contributed by atoms with Crippen molar-refractivity contribution in [1.82, 2.24) is 10.2 Å². The lowest BCUT2D eigenvalue weighted by Crippen LogP contribution is -2.47. The van der Waals surface area contributed by atoms with Gasteiger partial charge in [-0.15, -0.1) is 0 Å². The van der Waals surface area contributed by atoms with Crippen LogP contribution in [-0.4, -0.2) is 40.5 Å². The number of furan rings is 1. The van der Waals surface area contributed by atoms with Crippen molar-refractivity contribution in [2.75, 3.05) is 6.54 Å². The Labute approximate surface area is 120 Å². The number of rotatable bonds is 4. The molecule has 0 aliphatic carbocycles. The number of nitrogens with two attached hydrogens (primary N) is 1. The molecule has 0 saturated carbocycles. The Bertz CT molecular complexity index is 580. The van der Waals surface area contributed by atoms with Crippen molar-refractivity contribution in [1.29, 1.82) is 0 Å². The van der Waals surface area contributed by atoms with Crippen molar-refractivity contribution in [2.45, 2.75) is 32.4 Å². The van der Waals surface area contributed by atoms with Gasteiger partial charge in [-0.1, -0.05) is 0 Å². The van der Waals surface area contributed by atoms with Crippen LogP contribution >= 0.6 is 0 Å². The molecule has 3 amide bonds. The second-order valence-corrected chi connectivity index (χ2v) is 4.90. The van der Waals surface area contributed by atoms with Crippen LogP contribution in [-0.2, 0) is 11.3 Å². The van der Waals surface area contributed by atoms with Crippen LogP contribution in [0, 0.1) is 6.92 Å². The van der Waals surface area contributed by atoms with Gasteiger partial charge in [-0.3, -0.25) is 4.79 Å². The van der Waals surface area contributed by atoms with E-state index in [1.54, 1.807) is 6.92 Å². The van der Waals surface area contributed by atoms with Gasteiger partial charge in [0.25, 0.3) is 0 Å². The summed E-state index contributed by atoms with van der Waals surface area (Å²) in [6, 6.07) is 0.369. The van der Waals surface area contributed by atoms with E-state index in [0.717, 1.165) is 6.42 Å². The van der Waals surface area contributed by atoms with Crippen LogP contribution in [0.4, 0.5) is 4.79 Å². The molecule has 1 atom stereocenters. The Balaban J connectivity index is 1.96. The smallest absolute Gasteiger partial charge is 0.339 e. The van der Waals surface area contributed by atoms with Crippen LogP contribution in [0.2, 0.25) is 0 Å². The average Bonchev–Trinajstić information content (AvgIpc) is 3.02. The number of carbonyl (C=O) groups is 3. The molecule has 2 heterocycles. The zero-order chi connectivity index (χ0) is 15.6.